The van der Waals surface area contributed by atoms with Gasteiger partial charge in [-0.15, -0.1) is 0 Å². The van der Waals surface area contributed by atoms with Crippen LogP contribution in [0, 0.1) is 13.8 Å². The van der Waals surface area contributed by atoms with Gasteiger partial charge >= 0.3 is 0 Å². The number of hydrogen-bond donors (Lipinski definition) is 1. The molecule has 0 unspecified atom stereocenters. The van der Waals surface area contributed by atoms with Crippen LogP contribution in [0.15, 0.2) is 60.7 Å². The van der Waals surface area contributed by atoms with E-state index >= 15 is 0 Å². The minimum Gasteiger partial charge on any atom is -0.351 e. The molecule has 1 fully saturated rings. The van der Waals surface area contributed by atoms with Crippen molar-refractivity contribution >= 4 is 5.91 Å². The third-order valence-electron chi connectivity index (χ3n) is 5.77. The van der Waals surface area contributed by atoms with Crippen LogP contribution in [0.25, 0.3) is 16.9 Å². The van der Waals surface area contributed by atoms with Gasteiger partial charge in [-0.3, -0.25) is 4.79 Å². The van der Waals surface area contributed by atoms with Gasteiger partial charge in [0.25, 0.3) is 5.91 Å². The number of benzene rings is 2. The van der Waals surface area contributed by atoms with E-state index in [1.165, 1.54) is 18.4 Å². The molecule has 0 radical (unpaired) electrons. The topological polar surface area (TPSA) is 37.3 Å². The van der Waals surface area contributed by atoms with Crippen molar-refractivity contribution in [1.29, 1.82) is 0 Å². The molecule has 1 amide bonds. The number of aryl methyl sites for hydroxylation is 1. The smallest absolute Gasteiger partial charge is 0.253 e. The van der Waals surface area contributed by atoms with Crippen molar-refractivity contribution in [3.63, 3.8) is 0 Å². The Morgan fingerprint density at radius 3 is 2.34 bits per heavy atom. The summed E-state index contributed by atoms with van der Waals surface area (Å²) < 4.78 is 2.18. The molecule has 1 aromatic heterocycles. The average molecular weight is 388 g/mol. The van der Waals surface area contributed by atoms with Crippen molar-refractivity contribution in [3.8, 4) is 16.9 Å². The van der Waals surface area contributed by atoms with Crippen LogP contribution < -0.4 is 5.32 Å². The van der Waals surface area contributed by atoms with E-state index in [0.29, 0.717) is 6.54 Å². The highest BCUT2D eigenvalue weighted by atomic mass is 16.1. The van der Waals surface area contributed by atoms with Gasteiger partial charge in [-0.1, -0.05) is 48.0 Å². The Kier molecular flexibility index (Phi) is 5.81. The fraction of sp³-hybridized carbons (Fsp3) is 0.320. The summed E-state index contributed by atoms with van der Waals surface area (Å²) in [6.45, 7) is 8.03. The first kappa shape index (κ1) is 19.5. The maximum Gasteiger partial charge on any atom is 0.253 e. The Labute approximate surface area is 173 Å². The molecular weight excluding hydrogens is 358 g/mol. The van der Waals surface area contributed by atoms with Gasteiger partial charge in [-0.2, -0.15) is 0 Å². The lowest BCUT2D eigenvalue weighted by Gasteiger charge is -2.15. The molecule has 4 nitrogen and oxygen atoms in total. The summed E-state index contributed by atoms with van der Waals surface area (Å²) in [6, 6.07) is 20.7. The molecule has 1 saturated heterocycles. The zero-order valence-corrected chi connectivity index (χ0v) is 17.3. The van der Waals surface area contributed by atoms with E-state index in [9.17, 15) is 4.79 Å². The van der Waals surface area contributed by atoms with Crippen LogP contribution in [0.2, 0.25) is 0 Å². The first-order valence-corrected chi connectivity index (χ1v) is 10.5. The second-order valence-electron chi connectivity index (χ2n) is 7.87. The lowest BCUT2D eigenvalue weighted by molar-refractivity contribution is 0.0949. The molecule has 1 N–H and O–H groups in total. The highest BCUT2D eigenvalue weighted by Gasteiger charge is 2.20. The van der Waals surface area contributed by atoms with Crippen LogP contribution in [0.4, 0.5) is 0 Å². The number of rotatable bonds is 6. The summed E-state index contributed by atoms with van der Waals surface area (Å²) in [7, 11) is 0. The molecular formula is C25H29N3O. The third kappa shape index (κ3) is 4.28. The highest BCUT2D eigenvalue weighted by Crippen LogP contribution is 2.29. The molecule has 2 heterocycles. The van der Waals surface area contributed by atoms with E-state index < -0.39 is 0 Å². The first-order valence-electron chi connectivity index (χ1n) is 10.5. The second-order valence-corrected chi connectivity index (χ2v) is 7.87. The van der Waals surface area contributed by atoms with Gasteiger partial charge in [0.15, 0.2) is 0 Å². The Bertz CT molecular complexity index is 967. The normalized spacial score (nSPS) is 14.3. The zero-order chi connectivity index (χ0) is 20.2. The van der Waals surface area contributed by atoms with E-state index in [0.717, 1.165) is 47.8 Å². The predicted octanol–water partition coefficient (Wildman–Crippen LogP) is 4.59. The minimum absolute atomic E-state index is 0.00439. The number of amides is 1. The number of carbonyl (C=O) groups excluding carboxylic acids is 1. The van der Waals surface area contributed by atoms with Crippen LogP contribution in [0.5, 0.6) is 0 Å². The van der Waals surface area contributed by atoms with Crippen LogP contribution in [0.1, 0.15) is 34.5 Å². The van der Waals surface area contributed by atoms with E-state index in [1.807, 2.05) is 31.2 Å². The lowest BCUT2D eigenvalue weighted by Crippen LogP contribution is -2.33. The molecule has 1 aliphatic heterocycles. The molecule has 0 aliphatic carbocycles. The maximum atomic E-state index is 13.0. The van der Waals surface area contributed by atoms with Crippen molar-refractivity contribution in [3.05, 3.63) is 77.5 Å². The number of nitrogens with zero attached hydrogens (tertiary/aromatic N) is 2. The molecule has 1 aliphatic rings. The Morgan fingerprint density at radius 2 is 1.66 bits per heavy atom. The standard InChI is InChI=1S/C25H29N3O/c1-19-10-12-22(13-11-19)28-20(2)23(18-24(28)21-8-4-3-5-9-21)25(29)26-14-17-27-15-6-7-16-27/h3-5,8-13,18H,6-7,14-17H2,1-2H3,(H,26,29). The molecule has 4 heteroatoms. The number of nitrogens with one attached hydrogen (secondary N) is 1. The van der Waals surface area contributed by atoms with Crippen molar-refractivity contribution in [2.75, 3.05) is 26.2 Å². The van der Waals surface area contributed by atoms with Gasteiger partial charge < -0.3 is 14.8 Å². The van der Waals surface area contributed by atoms with Crippen LogP contribution in [0.3, 0.4) is 0 Å². The number of hydrogen-bond acceptors (Lipinski definition) is 2. The molecule has 2 aromatic carbocycles. The number of aromatic nitrogens is 1. The van der Waals surface area contributed by atoms with Crippen molar-refractivity contribution in [2.24, 2.45) is 0 Å². The first-order chi connectivity index (χ1) is 14.1. The molecule has 0 bridgehead atoms. The van der Waals surface area contributed by atoms with E-state index in [2.05, 4.69) is 58.1 Å². The van der Waals surface area contributed by atoms with Gasteiger partial charge in [0.1, 0.15) is 0 Å². The molecule has 3 aromatic rings. The maximum absolute atomic E-state index is 13.0. The molecule has 4 rings (SSSR count). The minimum atomic E-state index is 0.00439. The fourth-order valence-electron chi connectivity index (χ4n) is 4.11. The summed E-state index contributed by atoms with van der Waals surface area (Å²) in [5, 5.41) is 3.13. The van der Waals surface area contributed by atoms with Gasteiger partial charge in [0.05, 0.1) is 11.3 Å². The second kappa shape index (κ2) is 8.66. The van der Waals surface area contributed by atoms with Gasteiger partial charge in [0, 0.05) is 24.5 Å². The zero-order valence-electron chi connectivity index (χ0n) is 17.3. The molecule has 150 valence electrons. The lowest BCUT2D eigenvalue weighted by atomic mass is 10.1. The SMILES string of the molecule is Cc1ccc(-n2c(-c3ccccc3)cc(C(=O)NCCN3CCCC3)c2C)cc1. The van der Waals surface area contributed by atoms with Crippen LogP contribution in [-0.4, -0.2) is 41.6 Å². The van der Waals surface area contributed by atoms with Gasteiger partial charge in [0.2, 0.25) is 0 Å². The van der Waals surface area contributed by atoms with Crippen molar-refractivity contribution in [1.82, 2.24) is 14.8 Å². The van der Waals surface area contributed by atoms with E-state index in [4.69, 9.17) is 0 Å². The van der Waals surface area contributed by atoms with Crippen molar-refractivity contribution in [2.45, 2.75) is 26.7 Å². The quantitative estimate of drug-likeness (QED) is 0.672. The summed E-state index contributed by atoms with van der Waals surface area (Å²) in [5.74, 6) is 0.00439. The van der Waals surface area contributed by atoms with E-state index in [-0.39, 0.29) is 5.91 Å². The monoisotopic (exact) mass is 387 g/mol. The highest BCUT2D eigenvalue weighted by molar-refractivity contribution is 5.97. The summed E-state index contributed by atoms with van der Waals surface area (Å²) in [5.41, 5.74) is 6.14. The van der Waals surface area contributed by atoms with Gasteiger partial charge in [-0.05, 0) is 63.5 Å². The largest absolute Gasteiger partial charge is 0.351 e. The fourth-order valence-corrected chi connectivity index (χ4v) is 4.11. The molecule has 0 spiro atoms. The Morgan fingerprint density at radius 1 is 0.966 bits per heavy atom. The van der Waals surface area contributed by atoms with Gasteiger partial charge in [-0.25, -0.2) is 0 Å². The van der Waals surface area contributed by atoms with E-state index in [1.54, 1.807) is 0 Å². The number of likely N-dealkylation sites (tertiary alicyclic amines) is 1. The summed E-state index contributed by atoms with van der Waals surface area (Å²) >= 11 is 0. The van der Waals surface area contributed by atoms with Crippen LogP contribution in [-0.2, 0) is 0 Å². The summed E-state index contributed by atoms with van der Waals surface area (Å²) in [6.07, 6.45) is 2.54. The predicted molar refractivity (Wildman–Crippen MR) is 119 cm³/mol. The molecule has 0 atom stereocenters. The number of carbonyl (C=O) groups is 1. The average Bonchev–Trinajstić information content (AvgIpc) is 3.37. The van der Waals surface area contributed by atoms with Crippen molar-refractivity contribution < 1.29 is 4.79 Å². The third-order valence-corrected chi connectivity index (χ3v) is 5.77. The summed E-state index contributed by atoms with van der Waals surface area (Å²) in [4.78, 5) is 15.4. The molecule has 0 saturated carbocycles. The van der Waals surface area contributed by atoms with Crippen LogP contribution >= 0.6 is 0 Å². The Balaban J connectivity index is 1.64. The Hall–Kier alpha value is -2.85. The molecule has 29 heavy (non-hydrogen) atoms.